The Morgan fingerprint density at radius 2 is 1.74 bits per heavy atom. The first kappa shape index (κ1) is 22.4. The summed E-state index contributed by atoms with van der Waals surface area (Å²) in [5, 5.41) is 5.05. The number of carbonyl (C=O) groups excluding carboxylic acids is 2. The molecule has 166 valence electrons. The lowest BCUT2D eigenvalue weighted by Crippen LogP contribution is -2.38. The molecule has 1 fully saturated rings. The second-order valence-corrected chi connectivity index (χ2v) is 8.98. The maximum Gasteiger partial charge on any atom is 0.313 e. The van der Waals surface area contributed by atoms with E-state index in [9.17, 15) is 18.0 Å². The summed E-state index contributed by atoms with van der Waals surface area (Å²) in [5.41, 5.74) is 1.54. The third-order valence-corrected chi connectivity index (χ3v) is 6.73. The van der Waals surface area contributed by atoms with Gasteiger partial charge in [0.1, 0.15) is 11.5 Å². The van der Waals surface area contributed by atoms with Gasteiger partial charge >= 0.3 is 11.8 Å². The van der Waals surface area contributed by atoms with E-state index < -0.39 is 21.8 Å². The number of nitrogens with zero attached hydrogens (tertiary/aromatic N) is 1. The van der Waals surface area contributed by atoms with E-state index in [0.29, 0.717) is 35.8 Å². The van der Waals surface area contributed by atoms with Crippen LogP contribution in [0.4, 0.5) is 11.4 Å². The van der Waals surface area contributed by atoms with Crippen LogP contribution in [0.1, 0.15) is 18.4 Å². The van der Waals surface area contributed by atoms with Crippen molar-refractivity contribution in [2.24, 2.45) is 0 Å². The minimum Gasteiger partial charge on any atom is -0.497 e. The molecule has 0 atom stereocenters. The lowest BCUT2D eigenvalue weighted by Gasteiger charge is -2.29. The number of amides is 2. The highest BCUT2D eigenvalue weighted by Gasteiger charge is 2.28. The first-order valence-electron chi connectivity index (χ1n) is 9.74. The van der Waals surface area contributed by atoms with Gasteiger partial charge in [0.25, 0.3) is 0 Å². The first-order chi connectivity index (χ1) is 14.8. The Morgan fingerprint density at radius 1 is 1.00 bits per heavy atom. The van der Waals surface area contributed by atoms with Gasteiger partial charge in [-0.25, -0.2) is 8.42 Å². The molecule has 31 heavy (non-hydrogen) atoms. The fourth-order valence-electron chi connectivity index (χ4n) is 3.21. The van der Waals surface area contributed by atoms with Gasteiger partial charge in [0.05, 0.1) is 25.7 Å². The third kappa shape index (κ3) is 5.46. The Labute approximate surface area is 181 Å². The molecule has 0 bridgehead atoms. The van der Waals surface area contributed by atoms with Crippen molar-refractivity contribution in [3.8, 4) is 11.5 Å². The first-order valence-corrected chi connectivity index (χ1v) is 11.4. The Hall–Kier alpha value is -3.27. The second-order valence-electron chi connectivity index (χ2n) is 6.97. The number of sulfonamides is 1. The molecule has 0 radical (unpaired) electrons. The highest BCUT2D eigenvalue weighted by Crippen LogP contribution is 2.34. The van der Waals surface area contributed by atoms with Gasteiger partial charge in [0, 0.05) is 24.8 Å². The summed E-state index contributed by atoms with van der Waals surface area (Å²) >= 11 is 0. The number of anilines is 2. The van der Waals surface area contributed by atoms with Crippen LogP contribution in [0.5, 0.6) is 11.5 Å². The quantitative estimate of drug-likeness (QED) is 0.654. The van der Waals surface area contributed by atoms with E-state index in [-0.39, 0.29) is 12.3 Å². The van der Waals surface area contributed by atoms with Gasteiger partial charge in [-0.2, -0.15) is 0 Å². The van der Waals surface area contributed by atoms with Crippen LogP contribution in [0.25, 0.3) is 0 Å². The van der Waals surface area contributed by atoms with Crippen molar-refractivity contribution < 1.29 is 27.5 Å². The fraction of sp³-hybridized carbons (Fsp3) is 0.333. The Kier molecular flexibility index (Phi) is 7.01. The summed E-state index contributed by atoms with van der Waals surface area (Å²) in [6, 6.07) is 11.7. The molecule has 1 saturated heterocycles. The number of carbonyl (C=O) groups is 2. The maximum atomic E-state index is 12.4. The Morgan fingerprint density at radius 3 is 2.39 bits per heavy atom. The molecule has 0 unspecified atom stereocenters. The van der Waals surface area contributed by atoms with E-state index in [0.717, 1.165) is 12.0 Å². The van der Waals surface area contributed by atoms with Crippen LogP contribution in [0.15, 0.2) is 42.5 Å². The minimum atomic E-state index is -3.40. The lowest BCUT2D eigenvalue weighted by molar-refractivity contribution is -0.136. The summed E-state index contributed by atoms with van der Waals surface area (Å²) in [5.74, 6) is -0.556. The average molecular weight is 448 g/mol. The van der Waals surface area contributed by atoms with Crippen LogP contribution in [0.3, 0.4) is 0 Å². The number of hydrogen-bond acceptors (Lipinski definition) is 6. The number of ether oxygens (including phenoxy) is 2. The smallest absolute Gasteiger partial charge is 0.313 e. The number of rotatable bonds is 6. The highest BCUT2D eigenvalue weighted by molar-refractivity contribution is 7.92. The van der Waals surface area contributed by atoms with E-state index >= 15 is 0 Å². The van der Waals surface area contributed by atoms with Crippen LogP contribution in [-0.4, -0.2) is 46.7 Å². The predicted octanol–water partition coefficient (Wildman–Crippen LogP) is 1.89. The SMILES string of the molecule is COc1ccc(CNC(=O)C(=O)Nc2ccc(N3CCCCS3(=O)=O)c(OC)c2)cc1. The zero-order chi connectivity index (χ0) is 22.4. The van der Waals surface area contributed by atoms with Gasteiger partial charge in [-0.05, 0) is 42.7 Å². The molecule has 1 aliphatic heterocycles. The largest absolute Gasteiger partial charge is 0.497 e. The molecule has 0 saturated carbocycles. The summed E-state index contributed by atoms with van der Waals surface area (Å²) in [6.45, 7) is 0.559. The average Bonchev–Trinajstić information content (AvgIpc) is 2.77. The van der Waals surface area contributed by atoms with E-state index in [1.54, 1.807) is 37.4 Å². The van der Waals surface area contributed by atoms with E-state index in [1.165, 1.54) is 23.5 Å². The van der Waals surface area contributed by atoms with Crippen molar-refractivity contribution in [1.82, 2.24) is 5.32 Å². The van der Waals surface area contributed by atoms with Crippen molar-refractivity contribution in [2.75, 3.05) is 36.1 Å². The van der Waals surface area contributed by atoms with Crippen LogP contribution in [0, 0.1) is 0 Å². The number of benzene rings is 2. The topological polar surface area (TPSA) is 114 Å². The normalized spacial score (nSPS) is 15.1. The molecule has 2 aromatic carbocycles. The molecule has 0 aliphatic carbocycles. The number of hydrogen-bond donors (Lipinski definition) is 2. The molecular formula is C21H25N3O6S. The van der Waals surface area contributed by atoms with Crippen molar-refractivity contribution in [3.05, 3.63) is 48.0 Å². The maximum absolute atomic E-state index is 12.4. The molecule has 2 N–H and O–H groups in total. The minimum absolute atomic E-state index is 0.0863. The van der Waals surface area contributed by atoms with E-state index in [2.05, 4.69) is 10.6 Å². The number of methoxy groups -OCH3 is 2. The van der Waals surface area contributed by atoms with E-state index in [1.807, 2.05) is 0 Å². The Bertz CT molecular complexity index is 1050. The predicted molar refractivity (Wildman–Crippen MR) is 117 cm³/mol. The van der Waals surface area contributed by atoms with Gasteiger partial charge in [0.2, 0.25) is 10.0 Å². The van der Waals surface area contributed by atoms with Crippen molar-refractivity contribution in [3.63, 3.8) is 0 Å². The Balaban J connectivity index is 1.64. The summed E-state index contributed by atoms with van der Waals surface area (Å²) < 4.78 is 36.5. The van der Waals surface area contributed by atoms with Crippen LogP contribution in [-0.2, 0) is 26.2 Å². The molecule has 9 nitrogen and oxygen atoms in total. The molecular weight excluding hydrogens is 422 g/mol. The summed E-state index contributed by atoms with van der Waals surface area (Å²) in [7, 11) is -0.420. The second kappa shape index (κ2) is 9.69. The van der Waals surface area contributed by atoms with Crippen LogP contribution >= 0.6 is 0 Å². The van der Waals surface area contributed by atoms with Crippen LogP contribution in [0.2, 0.25) is 0 Å². The molecule has 2 amide bonds. The van der Waals surface area contributed by atoms with Gasteiger partial charge in [-0.3, -0.25) is 13.9 Å². The monoisotopic (exact) mass is 447 g/mol. The molecule has 2 aromatic rings. The fourth-order valence-corrected chi connectivity index (χ4v) is 4.86. The summed E-state index contributed by atoms with van der Waals surface area (Å²) in [4.78, 5) is 24.4. The van der Waals surface area contributed by atoms with Crippen LogP contribution < -0.4 is 24.4 Å². The highest BCUT2D eigenvalue weighted by atomic mass is 32.2. The van der Waals surface area contributed by atoms with Crippen molar-refractivity contribution >= 4 is 33.2 Å². The summed E-state index contributed by atoms with van der Waals surface area (Å²) in [6.07, 6.45) is 1.39. The standard InChI is InChI=1S/C21H25N3O6S/c1-29-17-8-5-15(6-9-17)14-22-20(25)21(26)23-16-7-10-18(19(13-16)30-2)24-11-3-4-12-31(24,27)28/h5-10,13H,3-4,11-12,14H2,1-2H3,(H,22,25)(H,23,26). The van der Waals surface area contributed by atoms with E-state index in [4.69, 9.17) is 9.47 Å². The molecule has 1 heterocycles. The van der Waals surface area contributed by atoms with Gasteiger partial charge < -0.3 is 20.1 Å². The zero-order valence-corrected chi connectivity index (χ0v) is 18.2. The molecule has 0 aromatic heterocycles. The molecule has 1 aliphatic rings. The van der Waals surface area contributed by atoms with Gasteiger partial charge in [-0.15, -0.1) is 0 Å². The lowest BCUT2D eigenvalue weighted by atomic mass is 10.2. The molecule has 3 rings (SSSR count). The third-order valence-electron chi connectivity index (χ3n) is 4.87. The van der Waals surface area contributed by atoms with Gasteiger partial charge in [0.15, 0.2) is 0 Å². The van der Waals surface area contributed by atoms with Crippen molar-refractivity contribution in [2.45, 2.75) is 19.4 Å². The van der Waals surface area contributed by atoms with Gasteiger partial charge in [-0.1, -0.05) is 12.1 Å². The molecule has 0 spiro atoms. The van der Waals surface area contributed by atoms with Crippen molar-refractivity contribution in [1.29, 1.82) is 0 Å². The molecule has 10 heteroatoms. The zero-order valence-electron chi connectivity index (χ0n) is 17.4. The number of nitrogens with one attached hydrogen (secondary N) is 2.